The summed E-state index contributed by atoms with van der Waals surface area (Å²) in [7, 11) is 2.23. The van der Waals surface area contributed by atoms with E-state index in [0.717, 1.165) is 13.1 Å². The summed E-state index contributed by atoms with van der Waals surface area (Å²) in [6.45, 7) is 15.1. The zero-order valence-corrected chi connectivity index (χ0v) is 12.9. The lowest BCUT2D eigenvalue weighted by Crippen LogP contribution is -3.29. The summed E-state index contributed by atoms with van der Waals surface area (Å²) in [6.07, 6.45) is 0. The van der Waals surface area contributed by atoms with Crippen LogP contribution in [-0.2, 0) is 4.79 Å². The van der Waals surface area contributed by atoms with Crippen molar-refractivity contribution in [2.45, 2.75) is 52.7 Å². The largest absolute Gasteiger partial charge is 0.333 e. The summed E-state index contributed by atoms with van der Waals surface area (Å²) >= 11 is 0. The van der Waals surface area contributed by atoms with Crippen LogP contribution >= 0.6 is 0 Å². The summed E-state index contributed by atoms with van der Waals surface area (Å²) in [5.74, 6) is 0.314. The van der Waals surface area contributed by atoms with Crippen molar-refractivity contribution in [2.75, 3.05) is 33.2 Å². The second kappa shape index (κ2) is 6.53. The third-order valence-electron chi connectivity index (χ3n) is 4.10. The van der Waals surface area contributed by atoms with E-state index in [4.69, 9.17) is 0 Å². The number of hydrogen-bond acceptors (Lipinski definition) is 1. The van der Waals surface area contributed by atoms with Crippen LogP contribution in [0, 0.1) is 0 Å². The van der Waals surface area contributed by atoms with E-state index >= 15 is 0 Å². The van der Waals surface area contributed by atoms with Gasteiger partial charge >= 0.3 is 0 Å². The maximum Gasteiger partial charge on any atom is 0.281 e. The van der Waals surface area contributed by atoms with Gasteiger partial charge in [0.15, 0.2) is 6.04 Å². The number of amides is 1. The molecule has 4 heteroatoms. The minimum Gasteiger partial charge on any atom is -0.333 e. The smallest absolute Gasteiger partial charge is 0.281 e. The van der Waals surface area contributed by atoms with Gasteiger partial charge in [-0.1, -0.05) is 0 Å². The fourth-order valence-electron chi connectivity index (χ4n) is 2.93. The van der Waals surface area contributed by atoms with Crippen molar-refractivity contribution in [3.63, 3.8) is 0 Å². The predicted octanol–water partition coefficient (Wildman–Crippen LogP) is -1.57. The topological polar surface area (TPSA) is 29.2 Å². The highest BCUT2D eigenvalue weighted by molar-refractivity contribution is 5.80. The molecule has 0 bridgehead atoms. The van der Waals surface area contributed by atoms with Gasteiger partial charge in [0.2, 0.25) is 0 Å². The van der Waals surface area contributed by atoms with Crippen molar-refractivity contribution in [2.24, 2.45) is 0 Å². The second-order valence-corrected chi connectivity index (χ2v) is 6.27. The van der Waals surface area contributed by atoms with Gasteiger partial charge in [0.05, 0.1) is 7.05 Å². The molecule has 0 aromatic rings. The molecule has 1 amide bonds. The molecule has 1 fully saturated rings. The predicted molar refractivity (Wildman–Crippen MR) is 73.9 cm³/mol. The van der Waals surface area contributed by atoms with Gasteiger partial charge in [-0.3, -0.25) is 4.79 Å². The van der Waals surface area contributed by atoms with Crippen LogP contribution in [0.4, 0.5) is 0 Å². The summed E-state index contributed by atoms with van der Waals surface area (Å²) < 4.78 is 0. The number of hydrogen-bond donors (Lipinski definition) is 2. The Balaban J connectivity index is 2.64. The molecule has 18 heavy (non-hydrogen) atoms. The monoisotopic (exact) mass is 257 g/mol. The van der Waals surface area contributed by atoms with Gasteiger partial charge in [0.25, 0.3) is 5.91 Å². The van der Waals surface area contributed by atoms with Crippen molar-refractivity contribution in [1.82, 2.24) is 4.90 Å². The molecule has 0 spiro atoms. The fraction of sp³-hybridized carbons (Fsp3) is 0.929. The van der Waals surface area contributed by atoms with Crippen LogP contribution < -0.4 is 9.80 Å². The molecule has 1 rings (SSSR count). The average Bonchev–Trinajstić information content (AvgIpc) is 2.28. The van der Waals surface area contributed by atoms with Crippen molar-refractivity contribution >= 4 is 5.91 Å². The third kappa shape index (κ3) is 3.69. The summed E-state index contributed by atoms with van der Waals surface area (Å²) in [5, 5.41) is 0. The molecule has 106 valence electrons. The van der Waals surface area contributed by atoms with Crippen molar-refractivity contribution < 1.29 is 14.6 Å². The normalized spacial score (nSPS) is 26.4. The minimum atomic E-state index is 0.0999. The standard InChI is InChI=1S/C14H29N3O/c1-11(2)17(12(3)4)14(18)13(5)16-9-7-15(6)8-10-16/h11-13H,7-10H2,1-6H3/p+2/t13-/m0/s1. The highest BCUT2D eigenvalue weighted by Gasteiger charge is 2.34. The van der Waals surface area contributed by atoms with Crippen LogP contribution in [-0.4, -0.2) is 62.2 Å². The zero-order valence-electron chi connectivity index (χ0n) is 12.9. The van der Waals surface area contributed by atoms with Crippen molar-refractivity contribution in [1.29, 1.82) is 0 Å². The number of rotatable bonds is 4. The molecule has 0 aromatic heterocycles. The number of piperazine rings is 1. The van der Waals surface area contributed by atoms with Gasteiger partial charge in [0.1, 0.15) is 26.2 Å². The van der Waals surface area contributed by atoms with E-state index in [1.54, 1.807) is 4.90 Å². The molecule has 0 aromatic carbocycles. The lowest BCUT2D eigenvalue weighted by Gasteiger charge is -2.37. The Bertz CT molecular complexity index is 262. The van der Waals surface area contributed by atoms with E-state index < -0.39 is 0 Å². The number of likely N-dealkylation sites (N-methyl/N-ethyl adjacent to an activating group) is 1. The van der Waals surface area contributed by atoms with E-state index in [9.17, 15) is 4.79 Å². The molecular formula is C14H31N3O+2. The molecule has 4 nitrogen and oxygen atoms in total. The number of nitrogens with zero attached hydrogens (tertiary/aromatic N) is 1. The van der Waals surface area contributed by atoms with Crippen LogP contribution in [0.5, 0.6) is 0 Å². The molecule has 0 aliphatic carbocycles. The molecule has 0 saturated carbocycles. The number of quaternary nitrogens is 2. The van der Waals surface area contributed by atoms with E-state index in [0.29, 0.717) is 5.91 Å². The lowest BCUT2D eigenvalue weighted by atomic mass is 10.1. The van der Waals surface area contributed by atoms with Gasteiger partial charge in [-0.25, -0.2) is 0 Å². The van der Waals surface area contributed by atoms with Crippen LogP contribution in [0.3, 0.4) is 0 Å². The fourth-order valence-corrected chi connectivity index (χ4v) is 2.93. The lowest BCUT2D eigenvalue weighted by molar-refractivity contribution is -1.01. The summed E-state index contributed by atoms with van der Waals surface area (Å²) in [5.41, 5.74) is 0. The van der Waals surface area contributed by atoms with Crippen LogP contribution in [0.2, 0.25) is 0 Å². The molecule has 2 N–H and O–H groups in total. The maximum absolute atomic E-state index is 12.6. The van der Waals surface area contributed by atoms with Gasteiger partial charge in [-0.2, -0.15) is 0 Å². The first-order valence-electron chi connectivity index (χ1n) is 7.32. The SMILES string of the molecule is CC(C)N(C(=O)[C@H](C)[NH+]1CC[NH+](C)CC1)C(C)C. The van der Waals surface area contributed by atoms with E-state index in [-0.39, 0.29) is 18.1 Å². The van der Waals surface area contributed by atoms with E-state index in [1.165, 1.54) is 18.0 Å². The van der Waals surface area contributed by atoms with Crippen LogP contribution in [0.1, 0.15) is 34.6 Å². The molecule has 1 heterocycles. The Morgan fingerprint density at radius 1 is 0.944 bits per heavy atom. The highest BCUT2D eigenvalue weighted by Crippen LogP contribution is 2.06. The Labute approximate surface area is 112 Å². The quantitative estimate of drug-likeness (QED) is 0.626. The first-order chi connectivity index (χ1) is 8.34. The molecule has 1 aliphatic rings. The summed E-state index contributed by atoms with van der Waals surface area (Å²) in [6, 6.07) is 0.678. The first-order valence-corrected chi connectivity index (χ1v) is 7.32. The molecule has 1 saturated heterocycles. The minimum absolute atomic E-state index is 0.0999. The highest BCUT2D eigenvalue weighted by atomic mass is 16.2. The number of carbonyl (C=O) groups is 1. The molecular weight excluding hydrogens is 226 g/mol. The van der Waals surface area contributed by atoms with Gasteiger partial charge in [0, 0.05) is 12.1 Å². The maximum atomic E-state index is 12.6. The second-order valence-electron chi connectivity index (χ2n) is 6.27. The first kappa shape index (κ1) is 15.4. The molecule has 1 aliphatic heterocycles. The third-order valence-corrected chi connectivity index (χ3v) is 4.10. The molecule has 1 atom stereocenters. The van der Waals surface area contributed by atoms with Crippen molar-refractivity contribution in [3.8, 4) is 0 Å². The molecule has 0 unspecified atom stereocenters. The van der Waals surface area contributed by atoms with Gasteiger partial charge in [-0.05, 0) is 34.6 Å². The van der Waals surface area contributed by atoms with Crippen molar-refractivity contribution in [3.05, 3.63) is 0 Å². The molecule has 0 radical (unpaired) electrons. The summed E-state index contributed by atoms with van der Waals surface area (Å²) in [4.78, 5) is 17.7. The number of nitrogens with one attached hydrogen (secondary N) is 2. The van der Waals surface area contributed by atoms with Crippen LogP contribution in [0.15, 0.2) is 0 Å². The van der Waals surface area contributed by atoms with E-state index in [1.807, 2.05) is 4.90 Å². The Hall–Kier alpha value is -0.610. The van der Waals surface area contributed by atoms with Gasteiger partial charge < -0.3 is 14.7 Å². The Kier molecular flexibility index (Phi) is 5.60. The van der Waals surface area contributed by atoms with E-state index in [2.05, 4.69) is 41.7 Å². The zero-order chi connectivity index (χ0) is 13.9. The van der Waals surface area contributed by atoms with Gasteiger partial charge in [-0.15, -0.1) is 0 Å². The van der Waals surface area contributed by atoms with Crippen LogP contribution in [0.25, 0.3) is 0 Å². The number of carbonyl (C=O) groups excluding carboxylic acids is 1. The average molecular weight is 257 g/mol. The Morgan fingerprint density at radius 2 is 1.39 bits per heavy atom. The Morgan fingerprint density at radius 3 is 1.78 bits per heavy atom.